The predicted molar refractivity (Wildman–Crippen MR) is 105 cm³/mol. The molecule has 0 aliphatic heterocycles. The lowest BCUT2D eigenvalue weighted by molar-refractivity contribution is 0.415. The summed E-state index contributed by atoms with van der Waals surface area (Å²) in [5.74, 6) is 0.874. The van der Waals surface area contributed by atoms with Crippen LogP contribution in [0.3, 0.4) is 0 Å². The number of ether oxygens (including phenoxy) is 1. The van der Waals surface area contributed by atoms with E-state index in [2.05, 4.69) is 29.1 Å². The summed E-state index contributed by atoms with van der Waals surface area (Å²) >= 11 is 1.94. The largest absolute Gasteiger partial charge is 0.497 e. The Morgan fingerprint density at radius 1 is 1.12 bits per heavy atom. The minimum absolute atomic E-state index is 0.741. The van der Waals surface area contributed by atoms with Gasteiger partial charge in [-0.1, -0.05) is 0 Å². The number of benzene rings is 1. The standard InChI is InChI=1S/C21H22N2OS/c1-24-17-10-8-16(9-11-17)14-22-15-19-18-6-2-3-7-20(18)25-21(19)23-12-4-5-13-23/h4-5,8-14H,2-3,6-7,15H2,1H3. The number of methoxy groups -OCH3 is 1. The summed E-state index contributed by atoms with van der Waals surface area (Å²) in [6.07, 6.45) is 11.3. The minimum atomic E-state index is 0.741. The molecule has 3 aromatic rings. The molecule has 0 atom stereocenters. The molecule has 0 unspecified atom stereocenters. The van der Waals surface area contributed by atoms with Crippen LogP contribution in [0.5, 0.6) is 5.75 Å². The van der Waals surface area contributed by atoms with E-state index < -0.39 is 0 Å². The third-order valence-electron chi connectivity index (χ3n) is 4.70. The average molecular weight is 350 g/mol. The Hall–Kier alpha value is -2.33. The Morgan fingerprint density at radius 3 is 2.64 bits per heavy atom. The molecule has 1 aromatic carbocycles. The number of rotatable bonds is 5. The fraction of sp³-hybridized carbons (Fsp3) is 0.286. The lowest BCUT2D eigenvalue weighted by Gasteiger charge is -2.12. The van der Waals surface area contributed by atoms with E-state index in [4.69, 9.17) is 9.73 Å². The molecule has 0 saturated heterocycles. The van der Waals surface area contributed by atoms with Crippen molar-refractivity contribution in [1.82, 2.24) is 4.57 Å². The molecule has 2 aromatic heterocycles. The van der Waals surface area contributed by atoms with E-state index in [0.29, 0.717) is 0 Å². The number of thiophene rings is 1. The van der Waals surface area contributed by atoms with Crippen molar-refractivity contribution < 1.29 is 4.74 Å². The van der Waals surface area contributed by atoms with Gasteiger partial charge in [-0.2, -0.15) is 0 Å². The molecule has 4 rings (SSSR count). The SMILES string of the molecule is COc1ccc(C=NCc2c(-n3cccc3)sc3c2CCCC3)cc1. The third-order valence-corrected chi connectivity index (χ3v) is 6.05. The molecule has 0 spiro atoms. The first-order valence-corrected chi connectivity index (χ1v) is 9.57. The second kappa shape index (κ2) is 7.28. The number of hydrogen-bond acceptors (Lipinski definition) is 3. The molecule has 2 heterocycles. The molecule has 0 bridgehead atoms. The summed E-state index contributed by atoms with van der Waals surface area (Å²) in [6.45, 7) is 0.741. The zero-order valence-electron chi connectivity index (χ0n) is 14.4. The highest BCUT2D eigenvalue weighted by Crippen LogP contribution is 2.37. The third kappa shape index (κ3) is 3.40. The maximum Gasteiger partial charge on any atom is 0.118 e. The average Bonchev–Trinajstić information content (AvgIpc) is 3.30. The Bertz CT molecular complexity index is 860. The van der Waals surface area contributed by atoms with Gasteiger partial charge in [-0.3, -0.25) is 4.99 Å². The van der Waals surface area contributed by atoms with Gasteiger partial charge in [-0.15, -0.1) is 11.3 Å². The number of aromatic nitrogens is 1. The summed E-state index contributed by atoms with van der Waals surface area (Å²) in [7, 11) is 1.69. The monoisotopic (exact) mass is 350 g/mol. The minimum Gasteiger partial charge on any atom is -0.497 e. The van der Waals surface area contributed by atoms with E-state index in [-0.39, 0.29) is 0 Å². The molecule has 0 saturated carbocycles. The van der Waals surface area contributed by atoms with Crippen LogP contribution >= 0.6 is 11.3 Å². The fourth-order valence-corrected chi connectivity index (χ4v) is 4.76. The van der Waals surface area contributed by atoms with Gasteiger partial charge in [0.1, 0.15) is 10.8 Å². The zero-order chi connectivity index (χ0) is 17.1. The summed E-state index contributed by atoms with van der Waals surface area (Å²) in [4.78, 5) is 6.31. The van der Waals surface area contributed by atoms with E-state index in [1.807, 2.05) is 41.8 Å². The zero-order valence-corrected chi connectivity index (χ0v) is 15.3. The van der Waals surface area contributed by atoms with Crippen molar-refractivity contribution in [2.45, 2.75) is 32.2 Å². The lowest BCUT2D eigenvalue weighted by atomic mass is 9.95. The number of fused-ring (bicyclic) bond motifs is 1. The smallest absolute Gasteiger partial charge is 0.118 e. The summed E-state index contributed by atoms with van der Waals surface area (Å²) in [5, 5.41) is 1.34. The van der Waals surface area contributed by atoms with Gasteiger partial charge in [0.2, 0.25) is 0 Å². The highest BCUT2D eigenvalue weighted by molar-refractivity contribution is 7.14. The molecule has 0 radical (unpaired) electrons. The van der Waals surface area contributed by atoms with Gasteiger partial charge in [0.05, 0.1) is 13.7 Å². The van der Waals surface area contributed by atoms with Crippen molar-refractivity contribution in [2.24, 2.45) is 4.99 Å². The first-order chi connectivity index (χ1) is 12.3. The molecule has 25 heavy (non-hydrogen) atoms. The van der Waals surface area contributed by atoms with Gasteiger partial charge in [-0.05, 0) is 73.2 Å². The Morgan fingerprint density at radius 2 is 1.88 bits per heavy atom. The summed E-state index contributed by atoms with van der Waals surface area (Å²) in [5.41, 5.74) is 4.06. The summed E-state index contributed by atoms with van der Waals surface area (Å²) in [6, 6.07) is 12.2. The maximum absolute atomic E-state index is 5.21. The molecule has 1 aliphatic rings. The maximum atomic E-state index is 5.21. The quantitative estimate of drug-likeness (QED) is 0.592. The van der Waals surface area contributed by atoms with Crippen LogP contribution in [0.15, 0.2) is 53.8 Å². The molecular formula is C21H22N2OS. The van der Waals surface area contributed by atoms with Crippen LogP contribution in [-0.2, 0) is 19.4 Å². The highest BCUT2D eigenvalue weighted by Gasteiger charge is 2.20. The number of aliphatic imine (C=N–C) groups is 1. The van der Waals surface area contributed by atoms with Crippen LogP contribution in [0.4, 0.5) is 0 Å². The van der Waals surface area contributed by atoms with Crippen LogP contribution in [0.1, 0.15) is 34.4 Å². The van der Waals surface area contributed by atoms with E-state index in [9.17, 15) is 0 Å². The lowest BCUT2D eigenvalue weighted by Crippen LogP contribution is -2.02. The molecule has 0 amide bonds. The Kier molecular flexibility index (Phi) is 4.70. The molecule has 4 heteroatoms. The first-order valence-electron chi connectivity index (χ1n) is 8.76. The van der Waals surface area contributed by atoms with Crippen LogP contribution in [0, 0.1) is 0 Å². The Balaban J connectivity index is 1.60. The van der Waals surface area contributed by atoms with E-state index in [1.54, 1.807) is 17.6 Å². The van der Waals surface area contributed by atoms with Gasteiger partial charge in [0.15, 0.2) is 0 Å². The van der Waals surface area contributed by atoms with Crippen molar-refractivity contribution in [1.29, 1.82) is 0 Å². The highest BCUT2D eigenvalue weighted by atomic mass is 32.1. The number of nitrogens with zero attached hydrogens (tertiary/aromatic N) is 2. The van der Waals surface area contributed by atoms with Crippen molar-refractivity contribution >= 4 is 17.6 Å². The van der Waals surface area contributed by atoms with E-state index in [0.717, 1.165) is 17.9 Å². The number of aryl methyl sites for hydroxylation is 1. The van der Waals surface area contributed by atoms with Crippen molar-refractivity contribution in [2.75, 3.05) is 7.11 Å². The molecule has 0 fully saturated rings. The molecule has 0 N–H and O–H groups in total. The van der Waals surface area contributed by atoms with Gasteiger partial charge in [-0.25, -0.2) is 0 Å². The predicted octanol–water partition coefficient (Wildman–Crippen LogP) is 5.05. The summed E-state index contributed by atoms with van der Waals surface area (Å²) < 4.78 is 7.44. The van der Waals surface area contributed by atoms with Crippen molar-refractivity contribution in [3.63, 3.8) is 0 Å². The van der Waals surface area contributed by atoms with Gasteiger partial charge in [0, 0.05) is 29.0 Å². The van der Waals surface area contributed by atoms with Crippen molar-refractivity contribution in [3.8, 4) is 10.8 Å². The van der Waals surface area contributed by atoms with Crippen LogP contribution in [0.2, 0.25) is 0 Å². The van der Waals surface area contributed by atoms with Crippen LogP contribution < -0.4 is 4.74 Å². The molecule has 128 valence electrons. The first kappa shape index (κ1) is 16.2. The second-order valence-corrected chi connectivity index (χ2v) is 7.41. The van der Waals surface area contributed by atoms with Crippen molar-refractivity contribution in [3.05, 3.63) is 70.4 Å². The number of hydrogen-bond donors (Lipinski definition) is 0. The molecular weight excluding hydrogens is 328 g/mol. The molecule has 3 nitrogen and oxygen atoms in total. The van der Waals surface area contributed by atoms with Crippen LogP contribution in [0.25, 0.3) is 5.00 Å². The molecule has 1 aliphatic carbocycles. The topological polar surface area (TPSA) is 26.5 Å². The fourth-order valence-electron chi connectivity index (χ4n) is 3.39. The van der Waals surface area contributed by atoms with Gasteiger partial charge < -0.3 is 9.30 Å². The van der Waals surface area contributed by atoms with Gasteiger partial charge >= 0.3 is 0 Å². The van der Waals surface area contributed by atoms with Gasteiger partial charge in [0.25, 0.3) is 0 Å². The Labute approximate surface area is 152 Å². The normalized spacial score (nSPS) is 14.0. The second-order valence-electron chi connectivity index (χ2n) is 6.33. The van der Waals surface area contributed by atoms with E-state index in [1.165, 1.54) is 36.2 Å². The van der Waals surface area contributed by atoms with Crippen LogP contribution in [-0.4, -0.2) is 17.9 Å². The van der Waals surface area contributed by atoms with E-state index >= 15 is 0 Å².